The number of imidazole rings is 1. The molecule has 0 aliphatic carbocycles. The second-order valence-electron chi connectivity index (χ2n) is 9.82. The fraction of sp³-hybridized carbons (Fsp3) is 0.357. The highest BCUT2D eigenvalue weighted by Crippen LogP contribution is 2.37. The predicted octanol–water partition coefficient (Wildman–Crippen LogP) is 6.60. The van der Waals surface area contributed by atoms with Crippen LogP contribution in [0.2, 0.25) is 0 Å². The Balaban J connectivity index is 1.26. The van der Waals surface area contributed by atoms with E-state index in [1.54, 1.807) is 12.3 Å². The van der Waals surface area contributed by atoms with Gasteiger partial charge in [0.25, 0.3) is 6.43 Å². The molecule has 11 heteroatoms. The first-order valence-corrected chi connectivity index (χ1v) is 13.1. The fourth-order valence-corrected chi connectivity index (χ4v) is 5.42. The Labute approximate surface area is 222 Å². The summed E-state index contributed by atoms with van der Waals surface area (Å²) in [4.78, 5) is 19.2. The average molecular weight is 538 g/mol. The lowest BCUT2D eigenvalue weighted by molar-refractivity contribution is 0.0883. The monoisotopic (exact) mass is 537 g/mol. The number of hydrogen-bond donors (Lipinski definition) is 1. The van der Waals surface area contributed by atoms with Gasteiger partial charge < -0.3 is 14.8 Å². The summed E-state index contributed by atoms with van der Waals surface area (Å²) < 4.78 is 58.4. The molecule has 0 saturated carbocycles. The van der Waals surface area contributed by atoms with E-state index in [9.17, 15) is 17.6 Å². The first kappa shape index (κ1) is 25.3. The molecule has 0 saturated heterocycles. The SMILES string of the molecule is CCC1=CCCN(c2ccc(Nc3ncc(F)c(-c4cc(F)c5nc6n(c5c4)[C@H](C(F)F)CC6)n3)nc2)CC1. The van der Waals surface area contributed by atoms with Crippen molar-refractivity contribution in [2.45, 2.75) is 51.5 Å². The van der Waals surface area contributed by atoms with Crippen LogP contribution in [0.4, 0.5) is 35.0 Å². The van der Waals surface area contributed by atoms with Gasteiger partial charge in [0.05, 0.1) is 29.6 Å². The number of anilines is 3. The molecule has 202 valence electrons. The lowest BCUT2D eigenvalue weighted by Gasteiger charge is -2.22. The molecule has 3 aromatic heterocycles. The van der Waals surface area contributed by atoms with Crippen LogP contribution in [-0.2, 0) is 6.42 Å². The van der Waals surface area contributed by atoms with Gasteiger partial charge in [-0.3, -0.25) is 0 Å². The van der Waals surface area contributed by atoms with Gasteiger partial charge in [0, 0.05) is 25.1 Å². The van der Waals surface area contributed by atoms with Gasteiger partial charge in [-0.15, -0.1) is 0 Å². The molecule has 39 heavy (non-hydrogen) atoms. The first-order chi connectivity index (χ1) is 18.9. The average Bonchev–Trinajstić information content (AvgIpc) is 3.42. The van der Waals surface area contributed by atoms with Crippen molar-refractivity contribution < 1.29 is 17.6 Å². The minimum Gasteiger partial charge on any atom is -0.370 e. The van der Waals surface area contributed by atoms with Gasteiger partial charge in [0.2, 0.25) is 5.95 Å². The summed E-state index contributed by atoms with van der Waals surface area (Å²) in [6.07, 6.45) is 6.08. The number of pyridine rings is 1. The van der Waals surface area contributed by atoms with E-state index in [2.05, 4.69) is 43.2 Å². The second-order valence-corrected chi connectivity index (χ2v) is 9.82. The minimum absolute atomic E-state index is 0.0117. The molecule has 5 heterocycles. The predicted molar refractivity (Wildman–Crippen MR) is 141 cm³/mol. The summed E-state index contributed by atoms with van der Waals surface area (Å²) in [6.45, 7) is 4.02. The Kier molecular flexibility index (Phi) is 6.66. The summed E-state index contributed by atoms with van der Waals surface area (Å²) in [7, 11) is 0. The van der Waals surface area contributed by atoms with Crippen molar-refractivity contribution in [2.24, 2.45) is 0 Å². The Morgan fingerprint density at radius 2 is 1.90 bits per heavy atom. The van der Waals surface area contributed by atoms with Crippen molar-refractivity contribution in [2.75, 3.05) is 23.3 Å². The highest BCUT2D eigenvalue weighted by Gasteiger charge is 2.33. The van der Waals surface area contributed by atoms with E-state index < -0.39 is 24.1 Å². The van der Waals surface area contributed by atoms with Crippen molar-refractivity contribution >= 4 is 28.5 Å². The van der Waals surface area contributed by atoms with Crippen molar-refractivity contribution in [3.63, 3.8) is 0 Å². The van der Waals surface area contributed by atoms with Gasteiger partial charge >= 0.3 is 0 Å². The van der Waals surface area contributed by atoms with Crippen LogP contribution < -0.4 is 10.2 Å². The number of benzene rings is 1. The Morgan fingerprint density at radius 3 is 2.67 bits per heavy atom. The highest BCUT2D eigenvalue weighted by molar-refractivity contribution is 5.83. The molecule has 0 fully saturated rings. The van der Waals surface area contributed by atoms with Gasteiger partial charge in [0.15, 0.2) is 11.6 Å². The van der Waals surface area contributed by atoms with E-state index in [1.807, 2.05) is 6.07 Å². The number of hydrogen-bond acceptors (Lipinski definition) is 6. The van der Waals surface area contributed by atoms with Crippen molar-refractivity contribution in [3.8, 4) is 11.3 Å². The Morgan fingerprint density at radius 1 is 1.03 bits per heavy atom. The van der Waals surface area contributed by atoms with Crippen molar-refractivity contribution in [1.82, 2.24) is 24.5 Å². The molecule has 7 nitrogen and oxygen atoms in total. The molecule has 1 atom stereocenters. The lowest BCUT2D eigenvalue weighted by Crippen LogP contribution is -2.24. The summed E-state index contributed by atoms with van der Waals surface area (Å²) in [5.74, 6) is -0.558. The molecule has 0 radical (unpaired) electrons. The summed E-state index contributed by atoms with van der Waals surface area (Å²) in [6, 6.07) is 5.23. The maximum Gasteiger partial charge on any atom is 0.259 e. The zero-order valence-electron chi connectivity index (χ0n) is 21.3. The highest BCUT2D eigenvalue weighted by atomic mass is 19.3. The molecule has 2 aliphatic heterocycles. The first-order valence-electron chi connectivity index (χ1n) is 13.1. The van der Waals surface area contributed by atoms with E-state index in [0.29, 0.717) is 18.1 Å². The van der Waals surface area contributed by atoms with E-state index in [4.69, 9.17) is 0 Å². The molecule has 2 aliphatic rings. The van der Waals surface area contributed by atoms with E-state index in [0.717, 1.165) is 50.3 Å². The largest absolute Gasteiger partial charge is 0.370 e. The summed E-state index contributed by atoms with van der Waals surface area (Å²) in [5.41, 5.74) is 2.61. The molecule has 0 amide bonds. The standard InChI is InChI=1S/C28H27F4N7/c1-2-16-4-3-10-38(11-9-16)18-5-7-23(33-14-18)35-28-34-15-20(30)25(37-28)17-12-19(29)26-22(13-17)39-21(27(31)32)6-8-24(39)36-26/h4-5,7,12-15,21,27H,2-3,6,8-11H2,1H3,(H,33,34,35,37)/t21-/m0/s1. The number of aryl methyl sites for hydroxylation is 1. The van der Waals surface area contributed by atoms with Crippen molar-refractivity contribution in [1.29, 1.82) is 0 Å². The maximum atomic E-state index is 15.0. The Bertz CT molecular complexity index is 1550. The third kappa shape index (κ3) is 4.81. The van der Waals surface area contributed by atoms with Crippen LogP contribution in [0, 0.1) is 11.6 Å². The number of aromatic nitrogens is 5. The molecular formula is C28H27F4N7. The molecule has 0 spiro atoms. The van der Waals surface area contributed by atoms with Gasteiger partial charge in [-0.1, -0.05) is 18.6 Å². The van der Waals surface area contributed by atoms with Crippen LogP contribution in [0.25, 0.3) is 22.3 Å². The third-order valence-electron chi connectivity index (χ3n) is 7.47. The zero-order valence-corrected chi connectivity index (χ0v) is 21.3. The zero-order chi connectivity index (χ0) is 27.1. The summed E-state index contributed by atoms with van der Waals surface area (Å²) >= 11 is 0. The van der Waals surface area contributed by atoms with Gasteiger partial charge in [0.1, 0.15) is 22.9 Å². The molecule has 4 aromatic rings. The minimum atomic E-state index is -2.62. The topological polar surface area (TPSA) is 71.8 Å². The van der Waals surface area contributed by atoms with Crippen molar-refractivity contribution in [3.05, 3.63) is 65.8 Å². The third-order valence-corrected chi connectivity index (χ3v) is 7.47. The van der Waals surface area contributed by atoms with Crippen LogP contribution in [0.1, 0.15) is 44.5 Å². The number of fused-ring (bicyclic) bond motifs is 3. The van der Waals surface area contributed by atoms with Gasteiger partial charge in [-0.25, -0.2) is 37.5 Å². The molecule has 0 bridgehead atoms. The van der Waals surface area contributed by atoms with E-state index >= 15 is 0 Å². The fourth-order valence-electron chi connectivity index (χ4n) is 5.42. The van der Waals surface area contributed by atoms with Crippen LogP contribution in [0.15, 0.2) is 48.3 Å². The number of alkyl halides is 2. The van der Waals surface area contributed by atoms with E-state index in [1.165, 1.54) is 16.2 Å². The summed E-state index contributed by atoms with van der Waals surface area (Å²) in [5, 5.41) is 2.97. The number of rotatable bonds is 6. The molecule has 1 N–H and O–H groups in total. The molecular weight excluding hydrogens is 510 g/mol. The van der Waals surface area contributed by atoms with Crippen LogP contribution in [0.5, 0.6) is 0 Å². The normalized spacial score (nSPS) is 17.4. The van der Waals surface area contributed by atoms with Crippen LogP contribution >= 0.6 is 0 Å². The Hall–Kier alpha value is -4.02. The van der Waals surface area contributed by atoms with Gasteiger partial charge in [-0.2, -0.15) is 0 Å². The molecule has 6 rings (SSSR count). The number of halogens is 4. The molecule has 1 aromatic carbocycles. The quantitative estimate of drug-likeness (QED) is 0.221. The lowest BCUT2D eigenvalue weighted by atomic mass is 10.1. The number of nitrogens with zero attached hydrogens (tertiary/aromatic N) is 6. The van der Waals surface area contributed by atoms with Gasteiger partial charge in [-0.05, 0) is 49.9 Å². The van der Waals surface area contributed by atoms with Crippen LogP contribution in [-0.4, -0.2) is 44.0 Å². The number of nitrogens with one attached hydrogen (secondary N) is 1. The van der Waals surface area contributed by atoms with E-state index in [-0.39, 0.29) is 34.7 Å². The smallest absolute Gasteiger partial charge is 0.259 e. The van der Waals surface area contributed by atoms with Crippen LogP contribution in [0.3, 0.4) is 0 Å². The maximum absolute atomic E-state index is 15.0. The molecule has 0 unspecified atom stereocenters. The second kappa shape index (κ2) is 10.3.